The molecule has 3 nitrogen and oxygen atoms in total. The summed E-state index contributed by atoms with van der Waals surface area (Å²) < 4.78 is 5.13. The third-order valence-electron chi connectivity index (χ3n) is 3.16. The van der Waals surface area contributed by atoms with Crippen LogP contribution in [0.3, 0.4) is 0 Å². The van der Waals surface area contributed by atoms with E-state index in [1.165, 1.54) is 0 Å². The van der Waals surface area contributed by atoms with Gasteiger partial charge >= 0.3 is 0 Å². The third kappa shape index (κ3) is 3.47. The lowest BCUT2D eigenvalue weighted by atomic mass is 10.1. The lowest BCUT2D eigenvalue weighted by Crippen LogP contribution is -2.27. The average Bonchev–Trinajstić information content (AvgIpc) is 2.37. The molecule has 0 radical (unpaired) electrons. The highest BCUT2D eigenvalue weighted by atomic mass is 16.5. The van der Waals surface area contributed by atoms with Crippen LogP contribution in [-0.4, -0.2) is 25.1 Å². The summed E-state index contributed by atoms with van der Waals surface area (Å²) in [6.07, 6.45) is 1.12. The lowest BCUT2D eigenvalue weighted by Gasteiger charge is -2.23. The van der Waals surface area contributed by atoms with Crippen LogP contribution in [0, 0.1) is 11.3 Å². The zero-order chi connectivity index (χ0) is 12.8. The molecule has 0 heterocycles. The molecule has 0 spiro atoms. The molecule has 0 fully saturated rings. The molecule has 17 heavy (non-hydrogen) atoms. The molecular formula is C14H20N2O. The number of nitrogens with zero attached hydrogens (tertiary/aromatic N) is 2. The molecule has 0 amide bonds. The van der Waals surface area contributed by atoms with E-state index in [-0.39, 0.29) is 0 Å². The quantitative estimate of drug-likeness (QED) is 0.783. The van der Waals surface area contributed by atoms with E-state index >= 15 is 0 Å². The Morgan fingerprint density at radius 1 is 1.47 bits per heavy atom. The van der Waals surface area contributed by atoms with Crippen LogP contribution in [0.15, 0.2) is 18.2 Å². The van der Waals surface area contributed by atoms with Gasteiger partial charge in [-0.05, 0) is 38.1 Å². The third-order valence-corrected chi connectivity index (χ3v) is 3.16. The summed E-state index contributed by atoms with van der Waals surface area (Å²) in [5, 5.41) is 9.02. The van der Waals surface area contributed by atoms with Gasteiger partial charge in [-0.2, -0.15) is 5.26 Å². The molecule has 1 aromatic carbocycles. The number of ether oxygens (including phenoxy) is 1. The molecule has 0 aliphatic heterocycles. The maximum absolute atomic E-state index is 9.02. The normalized spacial score (nSPS) is 12.2. The number of nitriles is 1. The summed E-state index contributed by atoms with van der Waals surface area (Å²) >= 11 is 0. The topological polar surface area (TPSA) is 36.3 Å². The predicted molar refractivity (Wildman–Crippen MR) is 68.9 cm³/mol. The molecule has 1 unspecified atom stereocenters. The molecule has 0 saturated carbocycles. The second kappa shape index (κ2) is 6.27. The molecule has 0 aliphatic carbocycles. The van der Waals surface area contributed by atoms with E-state index < -0.39 is 0 Å². The van der Waals surface area contributed by atoms with E-state index in [4.69, 9.17) is 10.00 Å². The van der Waals surface area contributed by atoms with Crippen molar-refractivity contribution in [3.8, 4) is 11.8 Å². The summed E-state index contributed by atoms with van der Waals surface area (Å²) in [6, 6.07) is 8.48. The molecule has 0 aliphatic rings. The van der Waals surface area contributed by atoms with Crippen LogP contribution in [-0.2, 0) is 6.54 Å². The Morgan fingerprint density at radius 2 is 2.18 bits per heavy atom. The first kappa shape index (κ1) is 13.5. The highest BCUT2D eigenvalue weighted by molar-refractivity contribution is 5.45. The predicted octanol–water partition coefficient (Wildman–Crippen LogP) is 2.80. The van der Waals surface area contributed by atoms with Crippen LogP contribution in [0.25, 0.3) is 0 Å². The summed E-state index contributed by atoms with van der Waals surface area (Å²) in [5.41, 5.74) is 1.74. The van der Waals surface area contributed by atoms with E-state index in [9.17, 15) is 0 Å². The van der Waals surface area contributed by atoms with Crippen molar-refractivity contribution in [1.29, 1.82) is 5.26 Å². The zero-order valence-electron chi connectivity index (χ0n) is 11.0. The van der Waals surface area contributed by atoms with Gasteiger partial charge in [-0.25, -0.2) is 0 Å². The van der Waals surface area contributed by atoms with Gasteiger partial charge in [0.05, 0.1) is 12.7 Å². The molecule has 1 aromatic rings. The first-order valence-electron chi connectivity index (χ1n) is 5.89. The molecule has 0 N–H and O–H groups in total. The Labute approximate surface area is 104 Å². The van der Waals surface area contributed by atoms with Gasteiger partial charge < -0.3 is 4.74 Å². The fourth-order valence-electron chi connectivity index (χ4n) is 1.70. The summed E-state index contributed by atoms with van der Waals surface area (Å²) in [6.45, 7) is 5.23. The minimum absolute atomic E-state index is 0.544. The fourth-order valence-corrected chi connectivity index (χ4v) is 1.70. The Balaban J connectivity index is 2.83. The maximum atomic E-state index is 9.02. The molecule has 0 saturated heterocycles. The van der Waals surface area contributed by atoms with Gasteiger partial charge in [0.1, 0.15) is 11.8 Å². The average molecular weight is 232 g/mol. The van der Waals surface area contributed by atoms with Gasteiger partial charge in [0.15, 0.2) is 0 Å². The standard InChI is InChI=1S/C14H20N2O/c1-5-11(2)16(3)10-12-6-7-14(17-4)13(8-12)9-15/h6-8,11H,5,10H2,1-4H3. The van der Waals surface area contributed by atoms with E-state index in [0.717, 1.165) is 18.5 Å². The monoisotopic (exact) mass is 232 g/mol. The summed E-state index contributed by atoms with van der Waals surface area (Å²) in [5.74, 6) is 0.641. The maximum Gasteiger partial charge on any atom is 0.136 e. The highest BCUT2D eigenvalue weighted by Gasteiger charge is 2.09. The van der Waals surface area contributed by atoms with Gasteiger partial charge in [0.2, 0.25) is 0 Å². The van der Waals surface area contributed by atoms with E-state index in [2.05, 4.69) is 31.9 Å². The van der Waals surface area contributed by atoms with Crippen LogP contribution in [0.1, 0.15) is 31.4 Å². The Bertz CT molecular complexity index is 409. The van der Waals surface area contributed by atoms with Crippen LogP contribution >= 0.6 is 0 Å². The van der Waals surface area contributed by atoms with E-state index in [1.807, 2.05) is 18.2 Å². The Morgan fingerprint density at radius 3 is 2.71 bits per heavy atom. The number of hydrogen-bond donors (Lipinski definition) is 0. The van der Waals surface area contributed by atoms with Crippen LogP contribution in [0.4, 0.5) is 0 Å². The van der Waals surface area contributed by atoms with Crippen molar-refractivity contribution in [2.45, 2.75) is 32.9 Å². The second-order valence-corrected chi connectivity index (χ2v) is 4.32. The summed E-state index contributed by atoms with van der Waals surface area (Å²) in [4.78, 5) is 2.28. The molecule has 0 bridgehead atoms. The Kier molecular flexibility index (Phi) is 4.99. The molecule has 92 valence electrons. The van der Waals surface area contributed by atoms with Crippen molar-refractivity contribution in [2.24, 2.45) is 0 Å². The number of benzene rings is 1. The highest BCUT2D eigenvalue weighted by Crippen LogP contribution is 2.20. The van der Waals surface area contributed by atoms with Crippen LogP contribution in [0.2, 0.25) is 0 Å². The molecular weight excluding hydrogens is 212 g/mol. The van der Waals surface area contributed by atoms with Crippen LogP contribution in [0.5, 0.6) is 5.75 Å². The molecule has 3 heteroatoms. The number of hydrogen-bond acceptors (Lipinski definition) is 3. The number of methoxy groups -OCH3 is 1. The van der Waals surface area contributed by atoms with Gasteiger partial charge in [0, 0.05) is 12.6 Å². The minimum Gasteiger partial charge on any atom is -0.495 e. The van der Waals surface area contributed by atoms with Crippen molar-refractivity contribution in [2.75, 3.05) is 14.2 Å². The zero-order valence-corrected chi connectivity index (χ0v) is 11.0. The van der Waals surface area contributed by atoms with Gasteiger partial charge in [-0.1, -0.05) is 13.0 Å². The van der Waals surface area contributed by atoms with Gasteiger partial charge in [-0.15, -0.1) is 0 Å². The SMILES string of the molecule is CCC(C)N(C)Cc1ccc(OC)c(C#N)c1. The van der Waals surface area contributed by atoms with E-state index in [0.29, 0.717) is 17.4 Å². The second-order valence-electron chi connectivity index (χ2n) is 4.32. The smallest absolute Gasteiger partial charge is 0.136 e. The molecule has 0 aromatic heterocycles. The van der Waals surface area contributed by atoms with Crippen molar-refractivity contribution < 1.29 is 4.74 Å². The molecule has 1 rings (SSSR count). The van der Waals surface area contributed by atoms with Crippen molar-refractivity contribution >= 4 is 0 Å². The van der Waals surface area contributed by atoms with Gasteiger partial charge in [0.25, 0.3) is 0 Å². The largest absolute Gasteiger partial charge is 0.495 e. The fraction of sp³-hybridized carbons (Fsp3) is 0.500. The van der Waals surface area contributed by atoms with Crippen molar-refractivity contribution in [3.63, 3.8) is 0 Å². The lowest BCUT2D eigenvalue weighted by molar-refractivity contribution is 0.244. The Hall–Kier alpha value is -1.53. The van der Waals surface area contributed by atoms with Gasteiger partial charge in [-0.3, -0.25) is 4.90 Å². The first-order valence-corrected chi connectivity index (χ1v) is 5.89. The number of rotatable bonds is 5. The van der Waals surface area contributed by atoms with Crippen molar-refractivity contribution in [3.05, 3.63) is 29.3 Å². The summed E-state index contributed by atoms with van der Waals surface area (Å²) in [7, 11) is 3.69. The minimum atomic E-state index is 0.544. The van der Waals surface area contributed by atoms with Crippen molar-refractivity contribution in [1.82, 2.24) is 4.90 Å². The van der Waals surface area contributed by atoms with E-state index in [1.54, 1.807) is 7.11 Å². The first-order chi connectivity index (χ1) is 8.12. The van der Waals surface area contributed by atoms with Crippen LogP contribution < -0.4 is 4.74 Å². The molecule has 1 atom stereocenters.